The highest BCUT2D eigenvalue weighted by molar-refractivity contribution is 7.63. The van der Waals surface area contributed by atoms with Crippen LogP contribution in [-0.4, -0.2) is 36.4 Å². The quantitative estimate of drug-likeness (QED) is 0.365. The summed E-state index contributed by atoms with van der Waals surface area (Å²) in [6, 6.07) is 0. The van der Waals surface area contributed by atoms with Crippen LogP contribution >= 0.6 is 7.92 Å². The van der Waals surface area contributed by atoms with Gasteiger partial charge < -0.3 is 24.0 Å². The summed E-state index contributed by atoms with van der Waals surface area (Å²) < 4.78 is 1.03. The fourth-order valence-electron chi connectivity index (χ4n) is 4.37. The molecule has 0 aromatic heterocycles. The molecule has 0 atom stereocenters. The van der Waals surface area contributed by atoms with Gasteiger partial charge in [0, 0.05) is 0 Å². The van der Waals surface area contributed by atoms with Gasteiger partial charge in [0.25, 0.3) is 0 Å². The summed E-state index contributed by atoms with van der Waals surface area (Å²) in [5.74, 6) is 0. The molecule has 3 aliphatic rings. The maximum Gasteiger partial charge on any atom is 0.102 e. The molecule has 126 valence electrons. The van der Waals surface area contributed by atoms with Gasteiger partial charge in [-0.2, -0.15) is 0 Å². The largest absolute Gasteiger partial charge is 1.00 e. The van der Waals surface area contributed by atoms with E-state index in [-0.39, 0.29) is 31.9 Å². The summed E-state index contributed by atoms with van der Waals surface area (Å²) >= 11 is 0. The summed E-state index contributed by atoms with van der Waals surface area (Å²) in [5, 5.41) is 1.77. The van der Waals surface area contributed by atoms with Crippen molar-refractivity contribution < 1.29 is 28.5 Å². The molecule has 22 heavy (non-hydrogen) atoms. The molecular formula is C19H33INP. The topological polar surface area (TPSA) is 0 Å². The molecule has 0 unspecified atom stereocenters. The van der Waals surface area contributed by atoms with E-state index >= 15 is 0 Å². The van der Waals surface area contributed by atoms with Crippen molar-refractivity contribution in [2.45, 2.75) is 75.5 Å². The van der Waals surface area contributed by atoms with E-state index in [1.54, 1.807) is 5.31 Å². The standard InChI is InChI=1S/C19H33NP.HI/c1-20(2)15-13-19(14-16-20)21(17-9-5-3-6-10-17)18-11-7-4-8-12-18;/h13-15,17-18H,3-12,16H2,1-2H3;1H/q+1;/p-1. The van der Waals surface area contributed by atoms with Gasteiger partial charge in [0.05, 0.1) is 20.3 Å². The zero-order chi connectivity index (χ0) is 14.7. The molecule has 0 N–H and O–H groups in total. The number of quaternary nitrogens is 1. The van der Waals surface area contributed by atoms with Gasteiger partial charge in [-0.1, -0.05) is 46.4 Å². The third-order valence-electron chi connectivity index (χ3n) is 5.65. The number of likely N-dealkylation sites (N-methyl/N-ethyl adjacent to an activating group) is 1. The summed E-state index contributed by atoms with van der Waals surface area (Å²) in [4.78, 5) is 0. The molecule has 3 heteroatoms. The minimum Gasteiger partial charge on any atom is -1.00 e. The van der Waals surface area contributed by atoms with E-state index in [2.05, 4.69) is 32.4 Å². The molecule has 2 saturated carbocycles. The maximum absolute atomic E-state index is 2.61. The van der Waals surface area contributed by atoms with Crippen LogP contribution in [0.1, 0.15) is 64.2 Å². The van der Waals surface area contributed by atoms with Gasteiger partial charge in [-0.05, 0) is 54.5 Å². The Balaban J connectivity index is 0.00000176. The van der Waals surface area contributed by atoms with Crippen LogP contribution in [0.2, 0.25) is 0 Å². The van der Waals surface area contributed by atoms with Crippen LogP contribution in [-0.2, 0) is 0 Å². The molecule has 1 nitrogen and oxygen atoms in total. The fraction of sp³-hybridized carbons (Fsp3) is 0.789. The Bertz CT molecular complexity index is 386. The summed E-state index contributed by atoms with van der Waals surface area (Å²) in [6.07, 6.45) is 22.6. The second-order valence-electron chi connectivity index (χ2n) is 7.90. The van der Waals surface area contributed by atoms with E-state index in [4.69, 9.17) is 0 Å². The molecule has 2 aliphatic carbocycles. The van der Waals surface area contributed by atoms with Crippen molar-refractivity contribution in [2.75, 3.05) is 20.6 Å². The summed E-state index contributed by atoms with van der Waals surface area (Å²) in [5.41, 5.74) is 2.09. The Morgan fingerprint density at radius 3 is 1.77 bits per heavy atom. The van der Waals surface area contributed by atoms with Gasteiger partial charge in [0.2, 0.25) is 0 Å². The lowest BCUT2D eigenvalue weighted by Crippen LogP contribution is -3.00. The van der Waals surface area contributed by atoms with Gasteiger partial charge in [-0.25, -0.2) is 0 Å². The van der Waals surface area contributed by atoms with Crippen LogP contribution in [0, 0.1) is 0 Å². The molecular weight excluding hydrogens is 400 g/mol. The highest BCUT2D eigenvalue weighted by Crippen LogP contribution is 2.61. The molecule has 1 aliphatic heterocycles. The lowest BCUT2D eigenvalue weighted by molar-refractivity contribution is -0.833. The van der Waals surface area contributed by atoms with Gasteiger partial charge in [0.15, 0.2) is 0 Å². The Hall–Kier alpha value is 0.600. The number of allylic oxidation sites excluding steroid dienone is 2. The predicted octanol–water partition coefficient (Wildman–Crippen LogP) is 2.63. The molecule has 0 spiro atoms. The van der Waals surface area contributed by atoms with Gasteiger partial charge in [0.1, 0.15) is 6.54 Å². The van der Waals surface area contributed by atoms with E-state index < -0.39 is 0 Å². The molecule has 0 radical (unpaired) electrons. The zero-order valence-corrected chi connectivity index (χ0v) is 17.5. The Labute approximate surface area is 156 Å². The lowest BCUT2D eigenvalue weighted by atomic mass is 9.99. The molecule has 0 amide bonds. The van der Waals surface area contributed by atoms with Gasteiger partial charge in [-0.3, -0.25) is 4.48 Å². The van der Waals surface area contributed by atoms with Crippen molar-refractivity contribution in [3.8, 4) is 0 Å². The third kappa shape index (κ3) is 4.80. The smallest absolute Gasteiger partial charge is 0.102 e. The summed E-state index contributed by atoms with van der Waals surface area (Å²) in [6.45, 7) is 1.20. The lowest BCUT2D eigenvalue weighted by Gasteiger charge is -2.40. The average Bonchev–Trinajstić information content (AvgIpc) is 2.51. The van der Waals surface area contributed by atoms with Crippen molar-refractivity contribution >= 4 is 7.92 Å². The Kier molecular flexibility index (Phi) is 7.42. The highest BCUT2D eigenvalue weighted by atomic mass is 127. The SMILES string of the molecule is C[N+]1(C)C=CC(P(C2CCCCC2)C2CCCCC2)=CC1.[I-]. The molecule has 2 fully saturated rings. The van der Waals surface area contributed by atoms with Crippen molar-refractivity contribution in [3.63, 3.8) is 0 Å². The van der Waals surface area contributed by atoms with Crippen molar-refractivity contribution in [2.24, 2.45) is 0 Å². The zero-order valence-electron chi connectivity index (χ0n) is 14.4. The Morgan fingerprint density at radius 2 is 1.36 bits per heavy atom. The Morgan fingerprint density at radius 1 is 0.864 bits per heavy atom. The highest BCUT2D eigenvalue weighted by Gasteiger charge is 2.34. The van der Waals surface area contributed by atoms with Crippen LogP contribution in [0.3, 0.4) is 0 Å². The third-order valence-corrected chi connectivity index (χ3v) is 9.19. The second-order valence-corrected chi connectivity index (χ2v) is 10.7. The molecule has 0 aromatic carbocycles. The van der Waals surface area contributed by atoms with Crippen molar-refractivity contribution in [3.05, 3.63) is 23.7 Å². The first-order chi connectivity index (χ1) is 10.2. The van der Waals surface area contributed by atoms with E-state index in [1.807, 2.05) is 0 Å². The van der Waals surface area contributed by atoms with Crippen LogP contribution in [0.15, 0.2) is 23.7 Å². The van der Waals surface area contributed by atoms with Crippen LogP contribution in [0.4, 0.5) is 0 Å². The maximum atomic E-state index is 2.61. The first kappa shape index (κ1) is 18.9. The number of hydrogen-bond donors (Lipinski definition) is 0. The summed E-state index contributed by atoms with van der Waals surface area (Å²) in [7, 11) is 4.73. The fourth-order valence-corrected chi connectivity index (χ4v) is 8.18. The molecule has 0 saturated heterocycles. The monoisotopic (exact) mass is 433 g/mol. The molecule has 3 rings (SSSR count). The number of nitrogens with zero attached hydrogens (tertiary/aromatic N) is 1. The minimum absolute atomic E-state index is 0. The molecule has 0 aromatic rings. The van der Waals surface area contributed by atoms with Crippen LogP contribution in [0.5, 0.6) is 0 Å². The van der Waals surface area contributed by atoms with E-state index in [0.717, 1.165) is 15.8 Å². The van der Waals surface area contributed by atoms with E-state index in [9.17, 15) is 0 Å². The number of halogens is 1. The number of hydrogen-bond acceptors (Lipinski definition) is 0. The van der Waals surface area contributed by atoms with E-state index in [1.165, 1.54) is 70.8 Å². The van der Waals surface area contributed by atoms with Crippen molar-refractivity contribution in [1.29, 1.82) is 0 Å². The van der Waals surface area contributed by atoms with E-state index in [0.29, 0.717) is 0 Å². The molecule has 1 heterocycles. The first-order valence-electron chi connectivity index (χ1n) is 9.16. The van der Waals surface area contributed by atoms with Gasteiger partial charge in [-0.15, -0.1) is 0 Å². The van der Waals surface area contributed by atoms with Crippen LogP contribution < -0.4 is 24.0 Å². The minimum atomic E-state index is 0. The van der Waals surface area contributed by atoms with Crippen LogP contribution in [0.25, 0.3) is 0 Å². The number of rotatable bonds is 3. The molecule has 0 bridgehead atoms. The normalized spacial score (nSPS) is 26.6. The first-order valence-corrected chi connectivity index (χ1v) is 10.6. The van der Waals surface area contributed by atoms with Crippen molar-refractivity contribution in [1.82, 2.24) is 0 Å². The second kappa shape index (κ2) is 8.62. The average molecular weight is 433 g/mol. The van der Waals surface area contributed by atoms with Gasteiger partial charge >= 0.3 is 0 Å². The predicted molar refractivity (Wildman–Crippen MR) is 94.9 cm³/mol.